The second-order valence-corrected chi connectivity index (χ2v) is 15.2. The zero-order valence-corrected chi connectivity index (χ0v) is 30.3. The maximum atomic E-state index is 5.16. The van der Waals surface area contributed by atoms with Crippen molar-refractivity contribution in [3.8, 4) is 34.0 Å². The molecule has 0 aliphatic carbocycles. The minimum atomic E-state index is 0.715. The Morgan fingerprint density at radius 2 is 1.04 bits per heavy atom. The highest BCUT2D eigenvalue weighted by Gasteiger charge is 2.21. The molecule has 4 nitrogen and oxygen atoms in total. The highest BCUT2D eigenvalue weighted by molar-refractivity contribution is 7.26. The minimum Gasteiger partial charge on any atom is -0.309 e. The summed E-state index contributed by atoms with van der Waals surface area (Å²) in [6.45, 7) is 0. The lowest BCUT2D eigenvalue weighted by Gasteiger charge is -2.12. The summed E-state index contributed by atoms with van der Waals surface area (Å²) < 4.78 is 7.48. The number of aromatic nitrogens is 4. The van der Waals surface area contributed by atoms with E-state index in [1.165, 1.54) is 63.8 Å². The normalized spacial score (nSPS) is 12.0. The van der Waals surface area contributed by atoms with E-state index >= 15 is 0 Å². The van der Waals surface area contributed by atoms with Crippen LogP contribution in [0.2, 0.25) is 0 Å². The standard InChI is InChI=1S/C50H30N4S/c1-3-13-31(14-4-1)48-38-19-7-10-20-41(38)51-50(52-48)32-23-25-34(26-24-32)54-43-28-27-37-36-18-9-12-22-46(36)55-49(37)47(43)40-29-39-35-17-8-11-21-42(35)53(44(39)30-45(40)54)33-15-5-2-6-16-33/h1-30H. The molecule has 256 valence electrons. The maximum Gasteiger partial charge on any atom is 0.160 e. The first-order chi connectivity index (χ1) is 27.3. The molecule has 0 saturated carbocycles. The summed E-state index contributed by atoms with van der Waals surface area (Å²) in [5.74, 6) is 0.715. The van der Waals surface area contributed by atoms with Gasteiger partial charge < -0.3 is 9.13 Å². The van der Waals surface area contributed by atoms with Crippen LogP contribution in [-0.2, 0) is 0 Å². The van der Waals surface area contributed by atoms with Crippen molar-refractivity contribution >= 4 is 86.0 Å². The fraction of sp³-hybridized carbons (Fsp3) is 0. The van der Waals surface area contributed by atoms with Crippen molar-refractivity contribution in [1.29, 1.82) is 0 Å². The van der Waals surface area contributed by atoms with E-state index in [4.69, 9.17) is 9.97 Å². The van der Waals surface area contributed by atoms with Crippen molar-refractivity contribution in [2.24, 2.45) is 0 Å². The zero-order valence-electron chi connectivity index (χ0n) is 29.5. The van der Waals surface area contributed by atoms with Gasteiger partial charge in [-0.15, -0.1) is 11.3 Å². The largest absolute Gasteiger partial charge is 0.309 e. The zero-order chi connectivity index (χ0) is 36.0. The first-order valence-electron chi connectivity index (χ1n) is 18.6. The summed E-state index contributed by atoms with van der Waals surface area (Å²) in [7, 11) is 0. The predicted octanol–water partition coefficient (Wildman–Crippen LogP) is 13.5. The first kappa shape index (κ1) is 30.4. The van der Waals surface area contributed by atoms with Gasteiger partial charge in [0.15, 0.2) is 5.82 Å². The minimum absolute atomic E-state index is 0.715. The van der Waals surface area contributed by atoms with E-state index in [0.717, 1.165) is 39.1 Å². The topological polar surface area (TPSA) is 35.6 Å². The van der Waals surface area contributed by atoms with Crippen molar-refractivity contribution in [2.45, 2.75) is 0 Å². The molecule has 4 aromatic heterocycles. The summed E-state index contributed by atoms with van der Waals surface area (Å²) in [6, 6.07) is 65.2. The van der Waals surface area contributed by atoms with Crippen molar-refractivity contribution in [2.75, 3.05) is 0 Å². The van der Waals surface area contributed by atoms with Crippen molar-refractivity contribution in [3.05, 3.63) is 182 Å². The van der Waals surface area contributed by atoms with Crippen molar-refractivity contribution < 1.29 is 0 Å². The molecule has 0 fully saturated rings. The van der Waals surface area contributed by atoms with E-state index in [1.807, 2.05) is 23.5 Å². The number of nitrogens with zero attached hydrogens (tertiary/aromatic N) is 4. The average molecular weight is 719 g/mol. The van der Waals surface area contributed by atoms with Crippen LogP contribution in [0.15, 0.2) is 182 Å². The highest BCUT2D eigenvalue weighted by Crippen LogP contribution is 2.45. The third-order valence-electron chi connectivity index (χ3n) is 11.1. The number of hydrogen-bond acceptors (Lipinski definition) is 3. The molecule has 0 unspecified atom stereocenters. The third-order valence-corrected chi connectivity index (χ3v) is 12.3. The van der Waals surface area contributed by atoms with Crippen LogP contribution in [0, 0.1) is 0 Å². The molecule has 8 aromatic carbocycles. The van der Waals surface area contributed by atoms with Gasteiger partial charge in [0, 0.05) is 69.6 Å². The third kappa shape index (κ3) is 4.51. The van der Waals surface area contributed by atoms with Gasteiger partial charge in [0.25, 0.3) is 0 Å². The molecular weight excluding hydrogens is 689 g/mol. The molecule has 12 aromatic rings. The second-order valence-electron chi connectivity index (χ2n) is 14.2. The molecule has 0 aliphatic heterocycles. The number of rotatable bonds is 4. The van der Waals surface area contributed by atoms with Crippen LogP contribution in [0.5, 0.6) is 0 Å². The van der Waals surface area contributed by atoms with E-state index in [1.54, 1.807) is 0 Å². The fourth-order valence-electron chi connectivity index (χ4n) is 8.66. The summed E-state index contributed by atoms with van der Waals surface area (Å²) in [4.78, 5) is 10.2. The molecule has 12 rings (SSSR count). The lowest BCUT2D eigenvalue weighted by molar-refractivity contribution is 1.16. The Kier molecular flexibility index (Phi) is 6.47. The molecule has 0 aliphatic rings. The van der Waals surface area contributed by atoms with Crippen molar-refractivity contribution in [3.63, 3.8) is 0 Å². The molecular formula is C50H30N4S. The highest BCUT2D eigenvalue weighted by atomic mass is 32.1. The number of para-hydroxylation sites is 3. The number of hydrogen-bond donors (Lipinski definition) is 0. The van der Waals surface area contributed by atoms with Crippen LogP contribution in [0.1, 0.15) is 0 Å². The fourth-order valence-corrected chi connectivity index (χ4v) is 9.92. The van der Waals surface area contributed by atoms with Crippen LogP contribution >= 0.6 is 11.3 Å². The van der Waals surface area contributed by atoms with Gasteiger partial charge in [-0.25, -0.2) is 9.97 Å². The summed E-state index contributed by atoms with van der Waals surface area (Å²) in [5.41, 5.74) is 10.9. The molecule has 0 bridgehead atoms. The van der Waals surface area contributed by atoms with E-state index in [-0.39, 0.29) is 0 Å². The summed E-state index contributed by atoms with van der Waals surface area (Å²) >= 11 is 1.89. The van der Waals surface area contributed by atoms with Gasteiger partial charge in [-0.05, 0) is 72.8 Å². The van der Waals surface area contributed by atoms with Gasteiger partial charge in [0.05, 0.1) is 33.3 Å². The Balaban J connectivity index is 1.13. The van der Waals surface area contributed by atoms with Crippen LogP contribution in [0.25, 0.3) is 109 Å². The molecule has 0 amide bonds. The number of thiophene rings is 1. The molecule has 4 heterocycles. The van der Waals surface area contributed by atoms with E-state index in [2.05, 4.69) is 179 Å². The lowest BCUT2D eigenvalue weighted by Crippen LogP contribution is -1.97. The Bertz CT molecular complexity index is 3470. The van der Waals surface area contributed by atoms with E-state index < -0.39 is 0 Å². The number of benzene rings is 8. The van der Waals surface area contributed by atoms with Gasteiger partial charge in [-0.3, -0.25) is 0 Å². The Morgan fingerprint density at radius 3 is 1.87 bits per heavy atom. The average Bonchev–Trinajstić information content (AvgIpc) is 3.90. The van der Waals surface area contributed by atoms with Gasteiger partial charge >= 0.3 is 0 Å². The van der Waals surface area contributed by atoms with Gasteiger partial charge in [0.1, 0.15) is 0 Å². The Morgan fingerprint density at radius 1 is 0.382 bits per heavy atom. The van der Waals surface area contributed by atoms with Crippen LogP contribution in [0.4, 0.5) is 0 Å². The van der Waals surface area contributed by atoms with Gasteiger partial charge in [-0.2, -0.15) is 0 Å². The molecule has 0 spiro atoms. The second kappa shape index (κ2) is 11.7. The number of fused-ring (bicyclic) bond motifs is 11. The maximum absolute atomic E-state index is 5.16. The van der Waals surface area contributed by atoms with E-state index in [0.29, 0.717) is 5.82 Å². The van der Waals surface area contributed by atoms with Crippen LogP contribution in [-0.4, -0.2) is 19.1 Å². The molecule has 0 N–H and O–H groups in total. The summed E-state index contributed by atoms with van der Waals surface area (Å²) in [6.07, 6.45) is 0. The quantitative estimate of drug-likeness (QED) is 0.182. The Hall–Kier alpha value is -7.08. The van der Waals surface area contributed by atoms with Crippen molar-refractivity contribution in [1.82, 2.24) is 19.1 Å². The smallest absolute Gasteiger partial charge is 0.160 e. The molecule has 0 radical (unpaired) electrons. The SMILES string of the molecule is c1ccc(-c2nc(-c3ccc(-n4c5cc6c(cc5c5c7sc8ccccc8c7ccc54)c4ccccc4n6-c4ccccc4)cc3)nc3ccccc23)cc1. The summed E-state index contributed by atoms with van der Waals surface area (Å²) in [5, 5.41) is 8.71. The monoisotopic (exact) mass is 718 g/mol. The first-order valence-corrected chi connectivity index (χ1v) is 19.4. The molecule has 0 atom stereocenters. The van der Waals surface area contributed by atoms with E-state index in [9.17, 15) is 0 Å². The Labute approximate surface area is 319 Å². The van der Waals surface area contributed by atoms with Crippen LogP contribution < -0.4 is 0 Å². The van der Waals surface area contributed by atoms with Gasteiger partial charge in [-0.1, -0.05) is 109 Å². The molecule has 5 heteroatoms. The molecule has 55 heavy (non-hydrogen) atoms. The van der Waals surface area contributed by atoms with Crippen LogP contribution in [0.3, 0.4) is 0 Å². The lowest BCUT2D eigenvalue weighted by atomic mass is 10.1. The molecule has 0 saturated heterocycles. The predicted molar refractivity (Wildman–Crippen MR) is 232 cm³/mol. The van der Waals surface area contributed by atoms with Gasteiger partial charge in [0.2, 0.25) is 0 Å².